The topological polar surface area (TPSA) is 42.4 Å². The minimum Gasteiger partial charge on any atom is -0.497 e. The Balaban J connectivity index is 1.81. The van der Waals surface area contributed by atoms with Gasteiger partial charge in [-0.3, -0.25) is 4.79 Å². The Labute approximate surface area is 141 Å². The maximum absolute atomic E-state index is 12.9. The standard InChI is InChI=1S/C18H22N2O2S/c1-12(15-6-7-15)20(18(21)17-11-23-13(2)19-17)10-14-4-8-16(22-3)9-5-14/h4-5,8-9,11-12,15H,6-7,10H2,1-3H3. The molecule has 1 aliphatic carbocycles. The molecule has 1 saturated carbocycles. The normalized spacial score (nSPS) is 15.3. The molecule has 5 heteroatoms. The van der Waals surface area contributed by atoms with E-state index in [2.05, 4.69) is 11.9 Å². The molecule has 3 rings (SSSR count). The summed E-state index contributed by atoms with van der Waals surface area (Å²) in [6, 6.07) is 8.15. The highest BCUT2D eigenvalue weighted by atomic mass is 32.1. The van der Waals surface area contributed by atoms with Crippen molar-refractivity contribution in [3.8, 4) is 5.75 Å². The maximum Gasteiger partial charge on any atom is 0.273 e. The number of hydrogen-bond acceptors (Lipinski definition) is 4. The van der Waals surface area contributed by atoms with Gasteiger partial charge in [0, 0.05) is 18.0 Å². The molecule has 1 atom stereocenters. The lowest BCUT2D eigenvalue weighted by atomic mass is 10.1. The van der Waals surface area contributed by atoms with E-state index >= 15 is 0 Å². The molecule has 1 aromatic carbocycles. The SMILES string of the molecule is COc1ccc(CN(C(=O)c2csc(C)n2)C(C)C2CC2)cc1. The van der Waals surface area contributed by atoms with Crippen LogP contribution in [0, 0.1) is 12.8 Å². The highest BCUT2D eigenvalue weighted by Crippen LogP contribution is 2.36. The molecule has 0 radical (unpaired) electrons. The summed E-state index contributed by atoms with van der Waals surface area (Å²) in [5.74, 6) is 1.48. The number of carbonyl (C=O) groups excluding carboxylic acids is 1. The molecule has 2 aromatic rings. The predicted octanol–water partition coefficient (Wildman–Crippen LogP) is 3.90. The molecule has 0 spiro atoms. The number of nitrogens with zero attached hydrogens (tertiary/aromatic N) is 2. The molecule has 0 aliphatic heterocycles. The van der Waals surface area contributed by atoms with Gasteiger partial charge in [-0.1, -0.05) is 12.1 Å². The third-order valence-electron chi connectivity index (χ3n) is 4.41. The van der Waals surface area contributed by atoms with Gasteiger partial charge in [0.15, 0.2) is 0 Å². The van der Waals surface area contributed by atoms with E-state index in [1.54, 1.807) is 7.11 Å². The number of aromatic nitrogens is 1. The molecule has 4 nitrogen and oxygen atoms in total. The van der Waals surface area contributed by atoms with Gasteiger partial charge >= 0.3 is 0 Å². The Morgan fingerprint density at radius 2 is 2.09 bits per heavy atom. The van der Waals surface area contributed by atoms with Crippen LogP contribution in [0.2, 0.25) is 0 Å². The fourth-order valence-corrected chi connectivity index (χ4v) is 3.36. The van der Waals surface area contributed by atoms with Crippen LogP contribution in [-0.2, 0) is 6.54 Å². The van der Waals surface area contributed by atoms with E-state index in [-0.39, 0.29) is 11.9 Å². The molecule has 1 aliphatic rings. The summed E-state index contributed by atoms with van der Waals surface area (Å²) in [5.41, 5.74) is 1.67. The molecular weight excluding hydrogens is 308 g/mol. The van der Waals surface area contributed by atoms with Gasteiger partial charge < -0.3 is 9.64 Å². The van der Waals surface area contributed by atoms with Crippen molar-refractivity contribution < 1.29 is 9.53 Å². The number of benzene rings is 1. The summed E-state index contributed by atoms with van der Waals surface area (Å²) >= 11 is 1.52. The molecule has 0 N–H and O–H groups in total. The van der Waals surface area contributed by atoms with Crippen LogP contribution < -0.4 is 4.74 Å². The van der Waals surface area contributed by atoms with E-state index in [0.29, 0.717) is 18.2 Å². The Hall–Kier alpha value is -1.88. The van der Waals surface area contributed by atoms with E-state index in [1.807, 2.05) is 41.5 Å². The molecule has 1 unspecified atom stereocenters. The number of aryl methyl sites for hydroxylation is 1. The van der Waals surface area contributed by atoms with Crippen LogP contribution in [0.3, 0.4) is 0 Å². The first-order valence-corrected chi connectivity index (χ1v) is 8.82. The van der Waals surface area contributed by atoms with Crippen molar-refractivity contribution in [3.05, 3.63) is 45.9 Å². The monoisotopic (exact) mass is 330 g/mol. The van der Waals surface area contributed by atoms with Crippen LogP contribution in [0.5, 0.6) is 5.75 Å². The third kappa shape index (κ3) is 3.72. The van der Waals surface area contributed by atoms with Crippen molar-refractivity contribution in [1.82, 2.24) is 9.88 Å². The van der Waals surface area contributed by atoms with Crippen LogP contribution in [0.4, 0.5) is 0 Å². The zero-order valence-corrected chi connectivity index (χ0v) is 14.6. The van der Waals surface area contributed by atoms with Gasteiger partial charge in [-0.25, -0.2) is 4.98 Å². The molecule has 23 heavy (non-hydrogen) atoms. The van der Waals surface area contributed by atoms with Crippen molar-refractivity contribution >= 4 is 17.2 Å². The van der Waals surface area contributed by atoms with Gasteiger partial charge in [0.05, 0.1) is 12.1 Å². The molecule has 1 fully saturated rings. The van der Waals surface area contributed by atoms with E-state index in [4.69, 9.17) is 4.74 Å². The van der Waals surface area contributed by atoms with Crippen molar-refractivity contribution in [3.63, 3.8) is 0 Å². The van der Waals surface area contributed by atoms with Crippen LogP contribution in [0.15, 0.2) is 29.6 Å². The van der Waals surface area contributed by atoms with Gasteiger partial charge in [0.1, 0.15) is 11.4 Å². The van der Waals surface area contributed by atoms with E-state index in [0.717, 1.165) is 16.3 Å². The van der Waals surface area contributed by atoms with Crippen LogP contribution in [-0.4, -0.2) is 28.9 Å². The molecule has 1 aromatic heterocycles. The van der Waals surface area contributed by atoms with Gasteiger partial charge in [-0.15, -0.1) is 11.3 Å². The van der Waals surface area contributed by atoms with Crippen molar-refractivity contribution in [2.75, 3.05) is 7.11 Å². The van der Waals surface area contributed by atoms with E-state index in [9.17, 15) is 4.79 Å². The lowest BCUT2D eigenvalue weighted by Gasteiger charge is -2.29. The first-order chi connectivity index (χ1) is 11.1. The Morgan fingerprint density at radius 1 is 1.39 bits per heavy atom. The van der Waals surface area contributed by atoms with Crippen LogP contribution >= 0.6 is 11.3 Å². The zero-order valence-electron chi connectivity index (χ0n) is 13.8. The van der Waals surface area contributed by atoms with Crippen molar-refractivity contribution in [1.29, 1.82) is 0 Å². The predicted molar refractivity (Wildman–Crippen MR) is 91.9 cm³/mol. The number of hydrogen-bond donors (Lipinski definition) is 0. The van der Waals surface area contributed by atoms with Crippen LogP contribution in [0.1, 0.15) is 40.8 Å². The Kier molecular flexibility index (Phi) is 4.66. The molecule has 122 valence electrons. The average molecular weight is 330 g/mol. The fourth-order valence-electron chi connectivity index (χ4n) is 2.77. The Bertz CT molecular complexity index is 677. The van der Waals surface area contributed by atoms with Gasteiger partial charge in [-0.2, -0.15) is 0 Å². The highest BCUT2D eigenvalue weighted by molar-refractivity contribution is 7.09. The van der Waals surface area contributed by atoms with Gasteiger partial charge in [-0.05, 0) is 50.3 Å². The highest BCUT2D eigenvalue weighted by Gasteiger charge is 2.35. The number of thiazole rings is 1. The smallest absolute Gasteiger partial charge is 0.273 e. The second kappa shape index (κ2) is 6.71. The quantitative estimate of drug-likeness (QED) is 0.807. The summed E-state index contributed by atoms with van der Waals surface area (Å²) < 4.78 is 5.20. The largest absolute Gasteiger partial charge is 0.497 e. The molecule has 0 bridgehead atoms. The second-order valence-electron chi connectivity index (χ2n) is 6.11. The zero-order chi connectivity index (χ0) is 16.4. The maximum atomic E-state index is 12.9. The van der Waals surface area contributed by atoms with Crippen molar-refractivity contribution in [2.45, 2.75) is 39.3 Å². The first kappa shape index (κ1) is 16.0. The minimum atomic E-state index is 0.0320. The number of rotatable bonds is 6. The number of ether oxygens (including phenoxy) is 1. The molecule has 0 saturated heterocycles. The average Bonchev–Trinajstić information content (AvgIpc) is 3.33. The molecule has 1 amide bonds. The number of amides is 1. The fraction of sp³-hybridized carbons (Fsp3) is 0.444. The summed E-state index contributed by atoms with van der Waals surface area (Å²) in [5, 5.41) is 2.79. The minimum absolute atomic E-state index is 0.0320. The van der Waals surface area contributed by atoms with Crippen molar-refractivity contribution in [2.24, 2.45) is 5.92 Å². The second-order valence-corrected chi connectivity index (χ2v) is 7.17. The molecular formula is C18H22N2O2S. The summed E-state index contributed by atoms with van der Waals surface area (Å²) in [4.78, 5) is 19.2. The van der Waals surface area contributed by atoms with E-state index < -0.39 is 0 Å². The number of carbonyl (C=O) groups is 1. The Morgan fingerprint density at radius 3 is 2.61 bits per heavy atom. The van der Waals surface area contributed by atoms with Gasteiger partial charge in [0.2, 0.25) is 0 Å². The first-order valence-electron chi connectivity index (χ1n) is 7.94. The summed E-state index contributed by atoms with van der Waals surface area (Å²) in [6.07, 6.45) is 2.42. The van der Waals surface area contributed by atoms with Crippen LogP contribution in [0.25, 0.3) is 0 Å². The lowest BCUT2D eigenvalue weighted by Crippen LogP contribution is -2.39. The summed E-state index contributed by atoms with van der Waals surface area (Å²) in [6.45, 7) is 4.69. The third-order valence-corrected chi connectivity index (χ3v) is 5.18. The van der Waals surface area contributed by atoms with E-state index in [1.165, 1.54) is 24.2 Å². The van der Waals surface area contributed by atoms with Gasteiger partial charge in [0.25, 0.3) is 5.91 Å². The summed E-state index contributed by atoms with van der Waals surface area (Å²) in [7, 11) is 1.66. The lowest BCUT2D eigenvalue weighted by molar-refractivity contribution is 0.0649. The molecule has 1 heterocycles. The number of methoxy groups -OCH3 is 1.